The van der Waals surface area contributed by atoms with Gasteiger partial charge in [-0.05, 0) is 49.4 Å². The molecule has 4 aromatic rings. The molecule has 0 aliphatic heterocycles. The number of fused-ring (bicyclic) bond motifs is 2. The molecule has 2 aromatic carbocycles. The van der Waals surface area contributed by atoms with E-state index in [-0.39, 0.29) is 5.88 Å². The monoisotopic (exact) mass is 384 g/mol. The molecule has 5 nitrogen and oxygen atoms in total. The third-order valence-corrected chi connectivity index (χ3v) is 4.70. The lowest BCUT2D eigenvalue weighted by atomic mass is 10.2. The van der Waals surface area contributed by atoms with Crippen LogP contribution >= 0.6 is 23.2 Å². The Morgan fingerprint density at radius 3 is 2.58 bits per heavy atom. The minimum absolute atomic E-state index is 0.0647. The molecule has 0 amide bonds. The molecule has 0 bridgehead atoms. The van der Waals surface area contributed by atoms with Gasteiger partial charge in [0, 0.05) is 33.6 Å². The molecule has 26 heavy (non-hydrogen) atoms. The van der Waals surface area contributed by atoms with Crippen LogP contribution in [0.25, 0.3) is 21.8 Å². The van der Waals surface area contributed by atoms with Gasteiger partial charge in [-0.25, -0.2) is 0 Å². The summed E-state index contributed by atoms with van der Waals surface area (Å²) in [4.78, 5) is 4.30. The molecule has 2 aromatic heterocycles. The number of pyridine rings is 1. The first-order chi connectivity index (χ1) is 12.6. The number of azo groups is 1. The van der Waals surface area contributed by atoms with Gasteiger partial charge in [0.05, 0.1) is 16.7 Å². The van der Waals surface area contributed by atoms with Crippen LogP contribution in [-0.2, 0) is 6.54 Å². The first kappa shape index (κ1) is 16.8. The van der Waals surface area contributed by atoms with Crippen molar-refractivity contribution in [1.29, 1.82) is 0 Å². The van der Waals surface area contributed by atoms with Crippen molar-refractivity contribution in [1.82, 2.24) is 9.55 Å². The van der Waals surface area contributed by atoms with E-state index in [1.54, 1.807) is 41.1 Å². The summed E-state index contributed by atoms with van der Waals surface area (Å²) in [5.41, 5.74) is 2.63. The van der Waals surface area contributed by atoms with Crippen molar-refractivity contribution in [2.24, 2.45) is 10.2 Å². The van der Waals surface area contributed by atoms with Crippen LogP contribution in [0.2, 0.25) is 10.0 Å². The molecule has 0 saturated carbocycles. The van der Waals surface area contributed by atoms with Gasteiger partial charge in [0.25, 0.3) is 0 Å². The Hall–Kier alpha value is -2.63. The molecule has 130 valence electrons. The summed E-state index contributed by atoms with van der Waals surface area (Å²) in [5, 5.41) is 22.0. The fourth-order valence-corrected chi connectivity index (χ4v) is 3.35. The third kappa shape index (κ3) is 2.79. The molecular formula is C19H14Cl2N4O. The van der Waals surface area contributed by atoms with Gasteiger partial charge in [-0.3, -0.25) is 4.98 Å². The predicted molar refractivity (Wildman–Crippen MR) is 105 cm³/mol. The minimum atomic E-state index is 0.0647. The van der Waals surface area contributed by atoms with Gasteiger partial charge >= 0.3 is 0 Å². The van der Waals surface area contributed by atoms with Crippen LogP contribution in [0, 0.1) is 0 Å². The molecule has 0 radical (unpaired) electrons. The van der Waals surface area contributed by atoms with Gasteiger partial charge in [-0.2, -0.15) is 0 Å². The molecule has 2 heterocycles. The number of aryl methyl sites for hydroxylation is 1. The van der Waals surface area contributed by atoms with Gasteiger partial charge in [0.15, 0.2) is 5.69 Å². The summed E-state index contributed by atoms with van der Waals surface area (Å²) in [6.45, 7) is 2.56. The van der Waals surface area contributed by atoms with E-state index in [0.29, 0.717) is 28.0 Å². The molecule has 7 heteroatoms. The number of nitrogens with zero attached hydrogens (tertiary/aromatic N) is 4. The largest absolute Gasteiger partial charge is 0.493 e. The number of aromatic nitrogens is 2. The number of halogens is 2. The smallest absolute Gasteiger partial charge is 0.220 e. The Labute approximate surface area is 159 Å². The number of hydrogen-bond acceptors (Lipinski definition) is 4. The van der Waals surface area contributed by atoms with Crippen LogP contribution in [0.4, 0.5) is 11.4 Å². The van der Waals surface area contributed by atoms with E-state index in [9.17, 15) is 5.11 Å². The van der Waals surface area contributed by atoms with Crippen molar-refractivity contribution in [2.45, 2.75) is 13.5 Å². The molecule has 0 fully saturated rings. The van der Waals surface area contributed by atoms with Crippen LogP contribution in [0.15, 0.2) is 58.9 Å². The van der Waals surface area contributed by atoms with Gasteiger partial charge in [-0.1, -0.05) is 23.2 Å². The standard InChI is InChI=1S/C19H14Cl2N4O/c1-2-25-17-6-4-11(20)9-14(17)18(19(25)26)24-23-15-7-8-22-16-10-12(21)3-5-13(15)16/h3-10,26H,2H2,1H3. The third-order valence-electron chi connectivity index (χ3n) is 4.23. The lowest BCUT2D eigenvalue weighted by Crippen LogP contribution is -1.91. The van der Waals surface area contributed by atoms with Crippen molar-refractivity contribution < 1.29 is 5.11 Å². The number of benzene rings is 2. The molecule has 1 N–H and O–H groups in total. The Balaban J connectivity index is 1.88. The topological polar surface area (TPSA) is 62.8 Å². The maximum absolute atomic E-state index is 10.6. The van der Waals surface area contributed by atoms with Crippen molar-refractivity contribution in [3.8, 4) is 5.88 Å². The first-order valence-electron chi connectivity index (χ1n) is 8.05. The van der Waals surface area contributed by atoms with E-state index in [4.69, 9.17) is 23.2 Å². The molecule has 0 saturated heterocycles. The Morgan fingerprint density at radius 1 is 1.00 bits per heavy atom. The lowest BCUT2D eigenvalue weighted by Gasteiger charge is -2.01. The zero-order valence-corrected chi connectivity index (χ0v) is 15.3. The summed E-state index contributed by atoms with van der Waals surface area (Å²) in [6.07, 6.45) is 1.65. The van der Waals surface area contributed by atoms with Crippen molar-refractivity contribution in [2.75, 3.05) is 0 Å². The molecule has 0 unspecified atom stereocenters. The van der Waals surface area contributed by atoms with E-state index in [0.717, 1.165) is 21.8 Å². The van der Waals surface area contributed by atoms with E-state index >= 15 is 0 Å². The molecule has 0 atom stereocenters. The van der Waals surface area contributed by atoms with Gasteiger partial charge < -0.3 is 9.67 Å². The minimum Gasteiger partial charge on any atom is -0.493 e. The second kappa shape index (κ2) is 6.59. The average molecular weight is 385 g/mol. The summed E-state index contributed by atoms with van der Waals surface area (Å²) < 4.78 is 1.77. The SMILES string of the molecule is CCn1c(O)c(N=Nc2ccnc3cc(Cl)ccc23)c2cc(Cl)ccc21. The average Bonchev–Trinajstić information content (AvgIpc) is 2.89. The van der Waals surface area contributed by atoms with E-state index in [1.807, 2.05) is 19.1 Å². The van der Waals surface area contributed by atoms with Crippen LogP contribution in [-0.4, -0.2) is 14.7 Å². The molecular weight excluding hydrogens is 371 g/mol. The number of aromatic hydroxyl groups is 1. The highest BCUT2D eigenvalue weighted by Gasteiger charge is 2.16. The van der Waals surface area contributed by atoms with Crippen LogP contribution in [0.5, 0.6) is 5.88 Å². The van der Waals surface area contributed by atoms with E-state index in [2.05, 4.69) is 15.2 Å². The lowest BCUT2D eigenvalue weighted by molar-refractivity contribution is 0.427. The van der Waals surface area contributed by atoms with Gasteiger partial charge in [-0.15, -0.1) is 10.2 Å². The number of hydrogen-bond donors (Lipinski definition) is 1. The highest BCUT2D eigenvalue weighted by Crippen LogP contribution is 2.41. The van der Waals surface area contributed by atoms with Crippen molar-refractivity contribution in [3.05, 3.63) is 58.7 Å². The van der Waals surface area contributed by atoms with Crippen LogP contribution in [0.1, 0.15) is 6.92 Å². The Bertz CT molecular complexity index is 1170. The summed E-state index contributed by atoms with van der Waals surface area (Å²) in [5.74, 6) is 0.0647. The van der Waals surface area contributed by atoms with E-state index in [1.165, 1.54) is 0 Å². The van der Waals surface area contributed by atoms with Crippen LogP contribution < -0.4 is 0 Å². The molecule has 0 aliphatic carbocycles. The maximum Gasteiger partial charge on any atom is 0.220 e. The summed E-state index contributed by atoms with van der Waals surface area (Å²) >= 11 is 12.1. The fraction of sp³-hybridized carbons (Fsp3) is 0.105. The summed E-state index contributed by atoms with van der Waals surface area (Å²) in [7, 11) is 0. The summed E-state index contributed by atoms with van der Waals surface area (Å²) in [6, 6.07) is 12.6. The zero-order valence-electron chi connectivity index (χ0n) is 13.8. The van der Waals surface area contributed by atoms with Crippen molar-refractivity contribution >= 4 is 56.4 Å². The highest BCUT2D eigenvalue weighted by molar-refractivity contribution is 6.31. The first-order valence-corrected chi connectivity index (χ1v) is 8.81. The van der Waals surface area contributed by atoms with Crippen molar-refractivity contribution in [3.63, 3.8) is 0 Å². The van der Waals surface area contributed by atoms with Gasteiger partial charge in [0.2, 0.25) is 5.88 Å². The number of rotatable bonds is 3. The van der Waals surface area contributed by atoms with E-state index < -0.39 is 0 Å². The predicted octanol–water partition coefficient (Wildman–Crippen LogP) is 6.64. The molecule has 4 rings (SSSR count). The molecule has 0 aliphatic rings. The van der Waals surface area contributed by atoms with Gasteiger partial charge in [0.1, 0.15) is 0 Å². The second-order valence-corrected chi connectivity index (χ2v) is 6.64. The quantitative estimate of drug-likeness (QED) is 0.402. The second-order valence-electron chi connectivity index (χ2n) is 5.77. The Kier molecular flexibility index (Phi) is 4.26. The van der Waals surface area contributed by atoms with Crippen LogP contribution in [0.3, 0.4) is 0 Å². The zero-order chi connectivity index (χ0) is 18.3. The Morgan fingerprint density at radius 2 is 1.77 bits per heavy atom. The normalized spacial score (nSPS) is 11.8. The molecule has 0 spiro atoms. The fourth-order valence-electron chi connectivity index (χ4n) is 3.01. The maximum atomic E-state index is 10.6. The highest BCUT2D eigenvalue weighted by atomic mass is 35.5.